The van der Waals surface area contributed by atoms with Gasteiger partial charge in [-0.15, -0.1) is 0 Å². The van der Waals surface area contributed by atoms with E-state index < -0.39 is 0 Å². The van der Waals surface area contributed by atoms with E-state index in [0.29, 0.717) is 38.3 Å². The monoisotopic (exact) mass is 256 g/mol. The molecule has 5 heteroatoms. The van der Waals surface area contributed by atoms with E-state index in [4.69, 9.17) is 15.6 Å². The molecule has 0 amide bonds. The minimum atomic E-state index is -0.252. The van der Waals surface area contributed by atoms with E-state index in [2.05, 4.69) is 0 Å². The summed E-state index contributed by atoms with van der Waals surface area (Å²) in [7, 11) is 1.62. The van der Waals surface area contributed by atoms with Gasteiger partial charge in [0.2, 0.25) is 0 Å². The molecule has 0 heterocycles. The van der Waals surface area contributed by atoms with Crippen LogP contribution in [0.25, 0.3) is 0 Å². The van der Waals surface area contributed by atoms with Crippen LogP contribution in [0.4, 0.5) is 4.39 Å². The number of nitrogens with two attached hydrogens (primary N) is 1. The zero-order chi connectivity index (χ0) is 13.4. The van der Waals surface area contributed by atoms with Crippen molar-refractivity contribution in [3.63, 3.8) is 0 Å². The average Bonchev–Trinajstić information content (AvgIpc) is 2.38. The first-order valence-electron chi connectivity index (χ1n) is 6.00. The van der Waals surface area contributed by atoms with Crippen molar-refractivity contribution in [3.8, 4) is 0 Å². The highest BCUT2D eigenvalue weighted by Crippen LogP contribution is 2.12. The number of benzene rings is 1. The maximum Gasteiger partial charge on any atom is 0.128 e. The Morgan fingerprint density at radius 1 is 1.39 bits per heavy atom. The zero-order valence-corrected chi connectivity index (χ0v) is 10.7. The lowest BCUT2D eigenvalue weighted by molar-refractivity contribution is 0.126. The van der Waals surface area contributed by atoms with E-state index in [0.717, 1.165) is 5.56 Å². The Kier molecular flexibility index (Phi) is 6.82. The van der Waals surface area contributed by atoms with Crippen LogP contribution in [0, 0.1) is 5.82 Å². The van der Waals surface area contributed by atoms with Crippen LogP contribution >= 0.6 is 0 Å². The lowest BCUT2D eigenvalue weighted by Gasteiger charge is -2.21. The normalized spacial score (nSPS) is 11.2. The molecule has 0 aromatic heterocycles. The smallest absolute Gasteiger partial charge is 0.128 e. The molecule has 0 unspecified atom stereocenters. The standard InChI is InChI=1S/C13H21FN2O2/c1-18-7-5-16(4-6-17)10-12-3-2-11(9-15)8-13(12)14/h2-3,8,17H,4-7,9-10,15H2,1H3. The van der Waals surface area contributed by atoms with Gasteiger partial charge in [0.15, 0.2) is 0 Å². The number of hydrogen-bond donors (Lipinski definition) is 2. The highest BCUT2D eigenvalue weighted by molar-refractivity contribution is 5.24. The van der Waals surface area contributed by atoms with E-state index in [1.165, 1.54) is 6.07 Å². The van der Waals surface area contributed by atoms with Crippen molar-refractivity contribution < 1.29 is 14.2 Å². The van der Waals surface area contributed by atoms with Gasteiger partial charge >= 0.3 is 0 Å². The summed E-state index contributed by atoms with van der Waals surface area (Å²) in [6.07, 6.45) is 0. The summed E-state index contributed by atoms with van der Waals surface area (Å²) in [5, 5.41) is 8.97. The minimum Gasteiger partial charge on any atom is -0.395 e. The first kappa shape index (κ1) is 15.0. The van der Waals surface area contributed by atoms with Gasteiger partial charge in [-0.1, -0.05) is 12.1 Å². The summed E-state index contributed by atoms with van der Waals surface area (Å²) in [5.74, 6) is -0.252. The first-order chi connectivity index (χ1) is 8.71. The largest absolute Gasteiger partial charge is 0.395 e. The molecule has 18 heavy (non-hydrogen) atoms. The summed E-state index contributed by atoms with van der Waals surface area (Å²) in [6, 6.07) is 5.03. The average molecular weight is 256 g/mol. The van der Waals surface area contributed by atoms with Crippen LogP contribution in [0.2, 0.25) is 0 Å². The van der Waals surface area contributed by atoms with Crippen LogP contribution in [-0.2, 0) is 17.8 Å². The molecule has 102 valence electrons. The second-order valence-corrected chi connectivity index (χ2v) is 4.12. The molecule has 0 aliphatic rings. The molecule has 0 saturated heterocycles. The fourth-order valence-electron chi connectivity index (χ4n) is 1.72. The maximum absolute atomic E-state index is 13.8. The quantitative estimate of drug-likeness (QED) is 0.720. The predicted octanol–water partition coefficient (Wildman–Crippen LogP) is 0.725. The summed E-state index contributed by atoms with van der Waals surface area (Å²) >= 11 is 0. The number of rotatable bonds is 8. The molecule has 0 bridgehead atoms. The molecule has 0 fully saturated rings. The number of nitrogens with zero attached hydrogens (tertiary/aromatic N) is 1. The SMILES string of the molecule is COCCN(CCO)Cc1ccc(CN)cc1F. The van der Waals surface area contributed by atoms with E-state index in [1.54, 1.807) is 13.2 Å². The highest BCUT2D eigenvalue weighted by Gasteiger charge is 2.09. The van der Waals surface area contributed by atoms with Gasteiger partial charge in [-0.3, -0.25) is 4.90 Å². The molecular weight excluding hydrogens is 235 g/mol. The summed E-state index contributed by atoms with van der Waals surface area (Å²) in [6.45, 7) is 2.56. The third-order valence-electron chi connectivity index (χ3n) is 2.77. The first-order valence-corrected chi connectivity index (χ1v) is 6.00. The molecule has 0 aliphatic heterocycles. The second kappa shape index (κ2) is 8.16. The number of hydrogen-bond acceptors (Lipinski definition) is 4. The third kappa shape index (κ3) is 4.70. The van der Waals surface area contributed by atoms with Crippen LogP contribution in [0.3, 0.4) is 0 Å². The molecule has 0 atom stereocenters. The van der Waals surface area contributed by atoms with Crippen molar-refractivity contribution in [1.82, 2.24) is 4.90 Å². The summed E-state index contributed by atoms with van der Waals surface area (Å²) in [4.78, 5) is 1.95. The van der Waals surface area contributed by atoms with Crippen LogP contribution < -0.4 is 5.73 Å². The summed E-state index contributed by atoms with van der Waals surface area (Å²) < 4.78 is 18.8. The molecule has 0 spiro atoms. The number of aliphatic hydroxyl groups excluding tert-OH is 1. The van der Waals surface area contributed by atoms with Crippen LogP contribution in [0.5, 0.6) is 0 Å². The molecular formula is C13H21FN2O2. The van der Waals surface area contributed by atoms with Crippen molar-refractivity contribution in [2.45, 2.75) is 13.1 Å². The lowest BCUT2D eigenvalue weighted by atomic mass is 10.1. The van der Waals surface area contributed by atoms with E-state index in [9.17, 15) is 4.39 Å². The Morgan fingerprint density at radius 2 is 2.17 bits per heavy atom. The number of methoxy groups -OCH3 is 1. The molecule has 3 N–H and O–H groups in total. The number of ether oxygens (including phenoxy) is 1. The van der Waals surface area contributed by atoms with Gasteiger partial charge in [-0.2, -0.15) is 0 Å². The Morgan fingerprint density at radius 3 is 2.72 bits per heavy atom. The molecule has 0 saturated carbocycles. The lowest BCUT2D eigenvalue weighted by Crippen LogP contribution is -2.30. The van der Waals surface area contributed by atoms with Gasteiger partial charge in [0, 0.05) is 38.9 Å². The molecule has 4 nitrogen and oxygen atoms in total. The summed E-state index contributed by atoms with van der Waals surface area (Å²) in [5.41, 5.74) is 6.84. The topological polar surface area (TPSA) is 58.7 Å². The number of halogens is 1. The molecule has 1 aromatic carbocycles. The van der Waals surface area contributed by atoms with E-state index >= 15 is 0 Å². The van der Waals surface area contributed by atoms with Crippen molar-refractivity contribution in [1.29, 1.82) is 0 Å². The Balaban J connectivity index is 2.67. The molecule has 0 aliphatic carbocycles. The van der Waals surface area contributed by atoms with Gasteiger partial charge in [0.05, 0.1) is 13.2 Å². The van der Waals surface area contributed by atoms with E-state index in [-0.39, 0.29) is 12.4 Å². The molecule has 1 rings (SSSR count). The Bertz CT molecular complexity index is 361. The third-order valence-corrected chi connectivity index (χ3v) is 2.77. The number of aliphatic hydroxyl groups is 1. The van der Waals surface area contributed by atoms with Crippen molar-refractivity contribution in [2.75, 3.05) is 33.4 Å². The zero-order valence-electron chi connectivity index (χ0n) is 10.7. The fraction of sp³-hybridized carbons (Fsp3) is 0.538. The van der Waals surface area contributed by atoms with Crippen LogP contribution in [-0.4, -0.2) is 43.4 Å². The van der Waals surface area contributed by atoms with Gasteiger partial charge in [0.25, 0.3) is 0 Å². The Labute approximate surface area is 107 Å². The predicted molar refractivity (Wildman–Crippen MR) is 68.5 cm³/mol. The van der Waals surface area contributed by atoms with Gasteiger partial charge < -0.3 is 15.6 Å². The van der Waals surface area contributed by atoms with Crippen molar-refractivity contribution in [2.24, 2.45) is 5.73 Å². The van der Waals surface area contributed by atoms with Crippen molar-refractivity contribution >= 4 is 0 Å². The second-order valence-electron chi connectivity index (χ2n) is 4.12. The van der Waals surface area contributed by atoms with Gasteiger partial charge in [-0.25, -0.2) is 4.39 Å². The minimum absolute atomic E-state index is 0.0478. The van der Waals surface area contributed by atoms with Gasteiger partial charge in [-0.05, 0) is 11.6 Å². The molecule has 1 aromatic rings. The molecule has 0 radical (unpaired) electrons. The van der Waals surface area contributed by atoms with Crippen LogP contribution in [0.1, 0.15) is 11.1 Å². The Hall–Kier alpha value is -1.01. The maximum atomic E-state index is 13.8. The van der Waals surface area contributed by atoms with Crippen LogP contribution in [0.15, 0.2) is 18.2 Å². The van der Waals surface area contributed by atoms with E-state index in [1.807, 2.05) is 11.0 Å². The van der Waals surface area contributed by atoms with Crippen molar-refractivity contribution in [3.05, 3.63) is 35.1 Å². The fourth-order valence-corrected chi connectivity index (χ4v) is 1.72. The van der Waals surface area contributed by atoms with Gasteiger partial charge in [0.1, 0.15) is 5.82 Å². The highest BCUT2D eigenvalue weighted by atomic mass is 19.1.